The number of rotatable bonds is 5. The molecule has 0 unspecified atom stereocenters. The lowest BCUT2D eigenvalue weighted by molar-refractivity contribution is 0.600. The SMILES string of the molecule is C.CN(c1cccc(N2CCN(c3ncnc4ccc(-c5cn[nH]c5)cc34)CC2)c1)S(C)(=O)=O. The van der Waals surface area contributed by atoms with Gasteiger partial charge in [0.2, 0.25) is 10.0 Å². The summed E-state index contributed by atoms with van der Waals surface area (Å²) in [5.74, 6) is 0.926. The van der Waals surface area contributed by atoms with Crippen LogP contribution in [0.1, 0.15) is 7.43 Å². The molecule has 0 aliphatic carbocycles. The van der Waals surface area contributed by atoms with Crippen LogP contribution in [0.15, 0.2) is 61.2 Å². The lowest BCUT2D eigenvalue weighted by Crippen LogP contribution is -2.47. The minimum absolute atomic E-state index is 0. The molecule has 2 aromatic heterocycles. The smallest absolute Gasteiger partial charge is 0.231 e. The van der Waals surface area contributed by atoms with Crippen LogP contribution in [0.2, 0.25) is 0 Å². The molecule has 1 aliphatic rings. The summed E-state index contributed by atoms with van der Waals surface area (Å²) in [7, 11) is -1.73. The number of hydrogen-bond donors (Lipinski definition) is 1. The van der Waals surface area contributed by atoms with E-state index in [1.54, 1.807) is 19.6 Å². The van der Waals surface area contributed by atoms with Gasteiger partial charge >= 0.3 is 0 Å². The van der Waals surface area contributed by atoms with E-state index in [-0.39, 0.29) is 7.43 Å². The summed E-state index contributed by atoms with van der Waals surface area (Å²) in [5, 5.41) is 7.93. The maximum absolute atomic E-state index is 11.9. The number of sulfonamides is 1. The van der Waals surface area contributed by atoms with E-state index in [2.05, 4.69) is 36.0 Å². The molecule has 0 spiro atoms. The van der Waals surface area contributed by atoms with Crippen LogP contribution < -0.4 is 14.1 Å². The van der Waals surface area contributed by atoms with Gasteiger partial charge in [-0.1, -0.05) is 19.6 Å². The van der Waals surface area contributed by atoms with Crippen molar-refractivity contribution < 1.29 is 8.42 Å². The third-order valence-corrected chi connectivity index (χ3v) is 7.29. The standard InChI is InChI=1S/C23H25N7O2S.CH4/c1-28(33(2,31)32)19-4-3-5-20(13-19)29-8-10-30(11-9-29)23-21-12-17(18-14-26-27-15-18)6-7-22(21)24-16-25-23;/h3-7,12-16H,8-11H2,1-2H3,(H,26,27);1H4. The highest BCUT2D eigenvalue weighted by Gasteiger charge is 2.21. The number of nitrogens with zero attached hydrogens (tertiary/aromatic N) is 6. The molecule has 0 saturated carbocycles. The van der Waals surface area contributed by atoms with Crippen LogP contribution in [0.25, 0.3) is 22.0 Å². The van der Waals surface area contributed by atoms with Crippen molar-refractivity contribution in [2.75, 3.05) is 53.6 Å². The molecule has 0 bridgehead atoms. The quantitative estimate of drug-likeness (QED) is 0.469. The Bertz CT molecular complexity index is 1380. The molecular formula is C24H29N7O2S. The molecule has 1 N–H and O–H groups in total. The Labute approximate surface area is 200 Å². The van der Waals surface area contributed by atoms with Crippen molar-refractivity contribution in [2.45, 2.75) is 7.43 Å². The van der Waals surface area contributed by atoms with Crippen molar-refractivity contribution in [1.82, 2.24) is 20.2 Å². The molecule has 3 heterocycles. The molecule has 0 atom stereocenters. The van der Waals surface area contributed by atoms with Crippen molar-refractivity contribution in [1.29, 1.82) is 0 Å². The molecule has 9 nitrogen and oxygen atoms in total. The van der Waals surface area contributed by atoms with Crippen molar-refractivity contribution >= 4 is 38.1 Å². The predicted octanol–water partition coefficient (Wildman–Crippen LogP) is 3.38. The summed E-state index contributed by atoms with van der Waals surface area (Å²) in [6.07, 6.45) is 6.51. The second-order valence-electron chi connectivity index (χ2n) is 8.14. The molecular weight excluding hydrogens is 450 g/mol. The molecule has 1 fully saturated rings. The van der Waals surface area contributed by atoms with Crippen LogP contribution in [-0.4, -0.2) is 68.1 Å². The van der Waals surface area contributed by atoms with E-state index in [0.717, 1.165) is 59.7 Å². The van der Waals surface area contributed by atoms with Crippen molar-refractivity contribution in [2.24, 2.45) is 0 Å². The number of fused-ring (bicyclic) bond motifs is 1. The normalized spacial score (nSPS) is 14.2. The fourth-order valence-electron chi connectivity index (χ4n) is 4.14. The van der Waals surface area contributed by atoms with Gasteiger partial charge in [-0.25, -0.2) is 18.4 Å². The zero-order valence-corrected chi connectivity index (χ0v) is 19.3. The summed E-state index contributed by atoms with van der Waals surface area (Å²) in [4.78, 5) is 13.6. The maximum atomic E-state index is 11.9. The number of aromatic nitrogens is 4. The number of nitrogens with one attached hydrogen (secondary N) is 1. The van der Waals surface area contributed by atoms with E-state index in [0.29, 0.717) is 5.69 Å². The summed E-state index contributed by atoms with van der Waals surface area (Å²) in [6.45, 7) is 3.21. The number of hydrogen-bond acceptors (Lipinski definition) is 7. The lowest BCUT2D eigenvalue weighted by atomic mass is 10.1. The van der Waals surface area contributed by atoms with E-state index in [1.165, 1.54) is 10.6 Å². The van der Waals surface area contributed by atoms with Crippen molar-refractivity contribution in [3.05, 3.63) is 61.2 Å². The van der Waals surface area contributed by atoms with E-state index < -0.39 is 10.0 Å². The Hall–Kier alpha value is -3.66. The van der Waals surface area contributed by atoms with E-state index in [9.17, 15) is 8.42 Å². The fraction of sp³-hybridized carbons (Fsp3) is 0.292. The molecule has 34 heavy (non-hydrogen) atoms. The Balaban J connectivity index is 0.00000274. The van der Waals surface area contributed by atoms with Crippen molar-refractivity contribution in [3.63, 3.8) is 0 Å². The second kappa shape index (κ2) is 9.30. The van der Waals surface area contributed by atoms with Crippen LogP contribution >= 0.6 is 0 Å². The highest BCUT2D eigenvalue weighted by atomic mass is 32.2. The van der Waals surface area contributed by atoms with Gasteiger partial charge in [-0.2, -0.15) is 5.10 Å². The summed E-state index contributed by atoms with van der Waals surface area (Å²) in [5.41, 5.74) is 4.67. The number of H-pyrrole nitrogens is 1. The first-order valence-corrected chi connectivity index (χ1v) is 12.5. The molecule has 0 radical (unpaired) electrons. The van der Waals surface area contributed by atoms with Gasteiger partial charge in [0.25, 0.3) is 0 Å². The van der Waals surface area contributed by atoms with Gasteiger partial charge in [-0.05, 0) is 35.9 Å². The second-order valence-corrected chi connectivity index (χ2v) is 10.2. The van der Waals surface area contributed by atoms with E-state index in [4.69, 9.17) is 0 Å². The van der Waals surface area contributed by atoms with Gasteiger partial charge < -0.3 is 9.80 Å². The monoisotopic (exact) mass is 479 g/mol. The van der Waals surface area contributed by atoms with Crippen molar-refractivity contribution in [3.8, 4) is 11.1 Å². The molecule has 4 aromatic rings. The molecule has 2 aromatic carbocycles. The fourth-order valence-corrected chi connectivity index (χ4v) is 4.63. The summed E-state index contributed by atoms with van der Waals surface area (Å²) >= 11 is 0. The number of benzene rings is 2. The molecule has 1 aliphatic heterocycles. The summed E-state index contributed by atoms with van der Waals surface area (Å²) < 4.78 is 25.1. The molecule has 178 valence electrons. The third kappa shape index (κ3) is 4.54. The number of aromatic amines is 1. The van der Waals surface area contributed by atoms with E-state index in [1.807, 2.05) is 42.6 Å². The molecule has 5 rings (SSSR count). The van der Waals surface area contributed by atoms with Gasteiger partial charge in [0.15, 0.2) is 0 Å². The minimum Gasteiger partial charge on any atom is -0.368 e. The van der Waals surface area contributed by atoms with Crippen LogP contribution in [-0.2, 0) is 10.0 Å². The summed E-state index contributed by atoms with van der Waals surface area (Å²) in [6, 6.07) is 13.8. The lowest BCUT2D eigenvalue weighted by Gasteiger charge is -2.37. The zero-order chi connectivity index (χ0) is 23.0. The highest BCUT2D eigenvalue weighted by molar-refractivity contribution is 7.92. The average Bonchev–Trinajstić information content (AvgIpc) is 3.38. The van der Waals surface area contributed by atoms with Gasteiger partial charge in [0, 0.05) is 56.1 Å². The first-order chi connectivity index (χ1) is 15.9. The first-order valence-electron chi connectivity index (χ1n) is 10.7. The third-order valence-electron chi connectivity index (χ3n) is 6.08. The molecule has 10 heteroatoms. The number of piperazine rings is 1. The van der Waals surface area contributed by atoms with Gasteiger partial charge in [0.1, 0.15) is 12.1 Å². The van der Waals surface area contributed by atoms with Crippen LogP contribution in [0.5, 0.6) is 0 Å². The van der Waals surface area contributed by atoms with Crippen LogP contribution in [0.3, 0.4) is 0 Å². The molecule has 0 amide bonds. The maximum Gasteiger partial charge on any atom is 0.231 e. The van der Waals surface area contributed by atoms with Gasteiger partial charge in [-0.15, -0.1) is 0 Å². The largest absolute Gasteiger partial charge is 0.368 e. The van der Waals surface area contributed by atoms with Crippen LogP contribution in [0.4, 0.5) is 17.2 Å². The Morgan fingerprint density at radius 3 is 2.44 bits per heavy atom. The predicted molar refractivity (Wildman–Crippen MR) is 138 cm³/mol. The first kappa shape index (κ1) is 23.5. The Kier molecular flexibility index (Phi) is 6.43. The number of anilines is 3. The van der Waals surface area contributed by atoms with Crippen LogP contribution in [0, 0.1) is 0 Å². The zero-order valence-electron chi connectivity index (χ0n) is 18.5. The Morgan fingerprint density at radius 1 is 0.971 bits per heavy atom. The van der Waals surface area contributed by atoms with E-state index >= 15 is 0 Å². The Morgan fingerprint density at radius 2 is 1.74 bits per heavy atom. The molecule has 1 saturated heterocycles. The topological polar surface area (TPSA) is 98.3 Å². The van der Waals surface area contributed by atoms with Gasteiger partial charge in [0.05, 0.1) is 23.7 Å². The highest BCUT2D eigenvalue weighted by Crippen LogP contribution is 2.30. The average molecular weight is 480 g/mol. The minimum atomic E-state index is -3.30. The van der Waals surface area contributed by atoms with Gasteiger partial charge in [-0.3, -0.25) is 9.40 Å².